The molecule has 0 fully saturated rings. The maximum Gasteiger partial charge on any atom is 0.203 e. The van der Waals surface area contributed by atoms with E-state index >= 15 is 0 Å². The number of aromatic nitrogens is 3. The number of anilines is 1. The van der Waals surface area contributed by atoms with Crippen molar-refractivity contribution in [3.05, 3.63) is 36.4 Å². The highest BCUT2D eigenvalue weighted by Gasteiger charge is 2.18. The number of H-pyrrole nitrogens is 1. The zero-order chi connectivity index (χ0) is 16.4. The zero-order valence-corrected chi connectivity index (χ0v) is 12.7. The Balaban J connectivity index is 2.12. The maximum absolute atomic E-state index is 10.1. The number of nitrogen functional groups attached to an aromatic ring is 1. The van der Waals surface area contributed by atoms with Crippen LogP contribution in [0.15, 0.2) is 36.4 Å². The number of hydrogen-bond acceptors (Lipinski definition) is 6. The van der Waals surface area contributed by atoms with E-state index in [9.17, 15) is 5.11 Å². The van der Waals surface area contributed by atoms with Crippen LogP contribution in [0.1, 0.15) is 0 Å². The van der Waals surface area contributed by atoms with Crippen molar-refractivity contribution in [1.82, 2.24) is 15.4 Å². The number of ether oxygens (including phenoxy) is 2. The van der Waals surface area contributed by atoms with Crippen molar-refractivity contribution < 1.29 is 14.6 Å². The van der Waals surface area contributed by atoms with Crippen molar-refractivity contribution in [3.63, 3.8) is 0 Å². The minimum atomic E-state index is -0.0342. The van der Waals surface area contributed by atoms with E-state index in [4.69, 9.17) is 15.2 Å². The number of hydrogen-bond donors (Lipinski definition) is 3. The molecule has 0 aliphatic heterocycles. The maximum atomic E-state index is 10.1. The van der Waals surface area contributed by atoms with Crippen LogP contribution < -0.4 is 15.2 Å². The van der Waals surface area contributed by atoms with Crippen molar-refractivity contribution in [1.29, 1.82) is 0 Å². The van der Waals surface area contributed by atoms with Crippen molar-refractivity contribution in [3.8, 4) is 39.8 Å². The number of nitrogens with zero attached hydrogens (tertiary/aromatic N) is 2. The summed E-state index contributed by atoms with van der Waals surface area (Å²) in [5, 5.41) is 21.1. The van der Waals surface area contributed by atoms with Crippen molar-refractivity contribution in [2.45, 2.75) is 0 Å². The molecule has 3 aromatic rings. The molecule has 0 atom stereocenters. The first-order chi connectivity index (χ1) is 11.1. The molecule has 0 aliphatic carbocycles. The van der Waals surface area contributed by atoms with E-state index in [0.29, 0.717) is 28.4 Å². The van der Waals surface area contributed by atoms with E-state index in [1.807, 2.05) is 12.1 Å². The fourth-order valence-corrected chi connectivity index (χ4v) is 2.36. The van der Waals surface area contributed by atoms with Crippen molar-refractivity contribution in [2.24, 2.45) is 0 Å². The molecule has 0 unspecified atom stereocenters. The number of benzene rings is 2. The van der Waals surface area contributed by atoms with Gasteiger partial charge in [0, 0.05) is 16.8 Å². The lowest BCUT2D eigenvalue weighted by Gasteiger charge is -2.11. The van der Waals surface area contributed by atoms with E-state index in [1.54, 1.807) is 24.3 Å². The highest BCUT2D eigenvalue weighted by atomic mass is 16.5. The minimum absolute atomic E-state index is 0.0342. The Hall–Kier alpha value is -3.22. The van der Waals surface area contributed by atoms with Gasteiger partial charge in [-0.15, -0.1) is 0 Å². The van der Waals surface area contributed by atoms with E-state index in [-0.39, 0.29) is 11.5 Å². The Kier molecular flexibility index (Phi) is 3.76. The molecule has 2 aromatic carbocycles. The molecule has 3 rings (SSSR count). The Morgan fingerprint density at radius 1 is 0.957 bits per heavy atom. The molecule has 7 heteroatoms. The van der Waals surface area contributed by atoms with Crippen LogP contribution in [0.3, 0.4) is 0 Å². The Morgan fingerprint density at radius 3 is 2.22 bits per heavy atom. The van der Waals surface area contributed by atoms with E-state index in [0.717, 1.165) is 5.56 Å². The third kappa shape index (κ3) is 2.64. The molecule has 7 nitrogen and oxygen atoms in total. The van der Waals surface area contributed by atoms with Crippen LogP contribution in [0.4, 0.5) is 5.69 Å². The predicted molar refractivity (Wildman–Crippen MR) is 86.4 cm³/mol. The van der Waals surface area contributed by atoms with Gasteiger partial charge >= 0.3 is 0 Å². The summed E-state index contributed by atoms with van der Waals surface area (Å²) < 4.78 is 10.4. The van der Waals surface area contributed by atoms with Gasteiger partial charge in [-0.05, 0) is 24.3 Å². The van der Waals surface area contributed by atoms with Gasteiger partial charge in [-0.3, -0.25) is 0 Å². The summed E-state index contributed by atoms with van der Waals surface area (Å²) in [6, 6.07) is 10.6. The fraction of sp³-hybridized carbons (Fsp3) is 0.125. The van der Waals surface area contributed by atoms with Crippen molar-refractivity contribution in [2.75, 3.05) is 20.0 Å². The molecule has 118 valence electrons. The number of phenolic OH excluding ortho intramolecular Hbond substituents is 1. The number of rotatable bonds is 4. The number of methoxy groups -OCH3 is 2. The van der Waals surface area contributed by atoms with Crippen LogP contribution in [-0.2, 0) is 0 Å². The van der Waals surface area contributed by atoms with Gasteiger partial charge in [0.25, 0.3) is 0 Å². The Labute approximate surface area is 132 Å². The van der Waals surface area contributed by atoms with Gasteiger partial charge in [0.05, 0.1) is 14.2 Å². The highest BCUT2D eigenvalue weighted by Crippen LogP contribution is 2.41. The second kappa shape index (κ2) is 5.88. The first kappa shape index (κ1) is 14.7. The molecule has 4 N–H and O–H groups in total. The largest absolute Gasteiger partial charge is 0.504 e. The van der Waals surface area contributed by atoms with Crippen LogP contribution in [0.25, 0.3) is 22.5 Å². The van der Waals surface area contributed by atoms with Crippen LogP contribution in [0.2, 0.25) is 0 Å². The van der Waals surface area contributed by atoms with Crippen molar-refractivity contribution >= 4 is 5.69 Å². The quantitative estimate of drug-likeness (QED) is 0.639. The van der Waals surface area contributed by atoms with Gasteiger partial charge in [0.2, 0.25) is 5.75 Å². The standard InChI is InChI=1S/C16H16N4O3/c1-22-13-8-10(7-12(21)16(13)23-2)15-14(18-20-19-15)9-3-5-11(17)6-4-9/h3-8,21H,17H2,1-2H3,(H,18,19,20). The number of nitrogens with two attached hydrogens (primary N) is 1. The van der Waals surface area contributed by atoms with Crippen LogP contribution >= 0.6 is 0 Å². The number of phenols is 1. The molecular formula is C16H16N4O3. The molecule has 0 saturated heterocycles. The van der Waals surface area contributed by atoms with E-state index < -0.39 is 0 Å². The molecule has 0 saturated carbocycles. The molecule has 1 heterocycles. The Morgan fingerprint density at radius 2 is 1.61 bits per heavy atom. The van der Waals surface area contributed by atoms with Gasteiger partial charge in [-0.2, -0.15) is 15.4 Å². The molecule has 0 radical (unpaired) electrons. The summed E-state index contributed by atoms with van der Waals surface area (Å²) in [4.78, 5) is 0. The summed E-state index contributed by atoms with van der Waals surface area (Å²) in [6.45, 7) is 0. The molecule has 23 heavy (non-hydrogen) atoms. The normalized spacial score (nSPS) is 10.5. The van der Waals surface area contributed by atoms with Gasteiger partial charge in [-0.1, -0.05) is 12.1 Å². The summed E-state index contributed by atoms with van der Waals surface area (Å²) >= 11 is 0. The zero-order valence-electron chi connectivity index (χ0n) is 12.7. The summed E-state index contributed by atoms with van der Waals surface area (Å²) in [6.07, 6.45) is 0. The topological polar surface area (TPSA) is 106 Å². The number of aromatic hydroxyl groups is 1. The average molecular weight is 312 g/mol. The molecular weight excluding hydrogens is 296 g/mol. The second-order valence-corrected chi connectivity index (χ2v) is 4.87. The third-order valence-electron chi connectivity index (χ3n) is 3.46. The minimum Gasteiger partial charge on any atom is -0.504 e. The SMILES string of the molecule is COc1cc(-c2n[nH]nc2-c2ccc(N)cc2)cc(O)c1OC. The molecule has 0 aliphatic rings. The lowest BCUT2D eigenvalue weighted by molar-refractivity contribution is 0.333. The highest BCUT2D eigenvalue weighted by molar-refractivity contribution is 5.80. The lowest BCUT2D eigenvalue weighted by Crippen LogP contribution is -1.93. The first-order valence-corrected chi connectivity index (χ1v) is 6.86. The predicted octanol–water partition coefficient (Wildman–Crippen LogP) is 2.44. The summed E-state index contributed by atoms with van der Waals surface area (Å²) in [5.41, 5.74) is 9.13. The van der Waals surface area contributed by atoms with E-state index in [2.05, 4.69) is 15.4 Å². The van der Waals surface area contributed by atoms with Gasteiger partial charge in [0.15, 0.2) is 11.5 Å². The van der Waals surface area contributed by atoms with Crippen LogP contribution in [-0.4, -0.2) is 34.7 Å². The Bertz CT molecular complexity index is 828. The molecule has 1 aromatic heterocycles. The van der Waals surface area contributed by atoms with Gasteiger partial charge < -0.3 is 20.3 Å². The summed E-state index contributed by atoms with van der Waals surface area (Å²) in [7, 11) is 2.97. The average Bonchev–Trinajstić information content (AvgIpc) is 3.04. The molecule has 0 spiro atoms. The van der Waals surface area contributed by atoms with Gasteiger partial charge in [0.1, 0.15) is 11.4 Å². The van der Waals surface area contributed by atoms with E-state index in [1.165, 1.54) is 14.2 Å². The monoisotopic (exact) mass is 312 g/mol. The van der Waals surface area contributed by atoms with Crippen LogP contribution in [0.5, 0.6) is 17.2 Å². The third-order valence-corrected chi connectivity index (χ3v) is 3.46. The van der Waals surface area contributed by atoms with Gasteiger partial charge in [-0.25, -0.2) is 0 Å². The molecule has 0 amide bonds. The first-order valence-electron chi connectivity index (χ1n) is 6.86. The fourth-order valence-electron chi connectivity index (χ4n) is 2.36. The molecule has 0 bridgehead atoms. The lowest BCUT2D eigenvalue weighted by atomic mass is 10.0. The summed E-state index contributed by atoms with van der Waals surface area (Å²) in [5.74, 6) is 0.649. The second-order valence-electron chi connectivity index (χ2n) is 4.87. The number of aromatic amines is 1. The smallest absolute Gasteiger partial charge is 0.203 e. The number of nitrogens with one attached hydrogen (secondary N) is 1. The van der Waals surface area contributed by atoms with Crippen LogP contribution in [0, 0.1) is 0 Å².